The van der Waals surface area contributed by atoms with E-state index in [0.29, 0.717) is 6.61 Å². The minimum absolute atomic E-state index is 0.0926. The lowest BCUT2D eigenvalue weighted by molar-refractivity contribution is -0.180. The Morgan fingerprint density at radius 2 is 2.21 bits per heavy atom. The number of hydrogen-bond donors (Lipinski definition) is 0. The van der Waals surface area contributed by atoms with Crippen LogP contribution in [0.3, 0.4) is 0 Å². The first kappa shape index (κ1) is 8.68. The molecule has 0 aromatic heterocycles. The summed E-state index contributed by atoms with van der Waals surface area (Å²) in [6, 6.07) is 0. The maximum absolute atomic E-state index is 11.9. The first-order valence-corrected chi connectivity index (χ1v) is 5.24. The van der Waals surface area contributed by atoms with Crippen molar-refractivity contribution < 1.29 is 14.4 Å². The van der Waals surface area contributed by atoms with Gasteiger partial charge in [-0.2, -0.15) is 5.06 Å². The van der Waals surface area contributed by atoms with Gasteiger partial charge in [0.05, 0.1) is 13.7 Å². The summed E-state index contributed by atoms with van der Waals surface area (Å²) >= 11 is 0. The molecule has 78 valence electrons. The van der Waals surface area contributed by atoms with Gasteiger partial charge < -0.3 is 4.74 Å². The molecule has 0 aromatic rings. The van der Waals surface area contributed by atoms with Crippen molar-refractivity contribution in [3.05, 3.63) is 0 Å². The Kier molecular flexibility index (Phi) is 1.55. The lowest BCUT2D eigenvalue weighted by Gasteiger charge is -2.31. The zero-order valence-corrected chi connectivity index (χ0v) is 8.41. The summed E-state index contributed by atoms with van der Waals surface area (Å²) in [4.78, 5) is 17.5. The summed E-state index contributed by atoms with van der Waals surface area (Å²) in [6.07, 6.45) is 4.16. The number of esters is 1. The van der Waals surface area contributed by atoms with Crippen LogP contribution in [0.2, 0.25) is 0 Å². The molecule has 1 aliphatic carbocycles. The zero-order valence-electron chi connectivity index (χ0n) is 8.41. The average Bonchev–Trinajstić information content (AvgIpc) is 2.76. The predicted octanol–water partition coefficient (Wildman–Crippen LogP) is 0.719. The molecule has 2 heterocycles. The molecule has 3 aliphatic rings. The lowest BCUT2D eigenvalue weighted by Crippen LogP contribution is -2.51. The highest BCUT2D eigenvalue weighted by molar-refractivity contribution is 5.83. The molecule has 1 unspecified atom stereocenters. The van der Waals surface area contributed by atoms with Gasteiger partial charge in [0.2, 0.25) is 0 Å². The van der Waals surface area contributed by atoms with Crippen molar-refractivity contribution in [3.63, 3.8) is 0 Å². The van der Waals surface area contributed by atoms with Crippen LogP contribution in [-0.4, -0.2) is 36.8 Å². The molecule has 1 saturated carbocycles. The number of nitrogens with zero attached hydrogens (tertiary/aromatic N) is 1. The third-order valence-electron chi connectivity index (χ3n) is 4.08. The second kappa shape index (κ2) is 2.49. The molecule has 0 amide bonds. The van der Waals surface area contributed by atoms with Gasteiger partial charge in [-0.15, -0.1) is 0 Å². The van der Waals surface area contributed by atoms with E-state index in [1.165, 1.54) is 7.11 Å². The molecule has 1 atom stereocenters. The van der Waals surface area contributed by atoms with Crippen LogP contribution in [0.4, 0.5) is 0 Å². The molecule has 1 spiro atoms. The largest absolute Gasteiger partial charge is 0.468 e. The summed E-state index contributed by atoms with van der Waals surface area (Å²) in [7, 11) is 1.47. The van der Waals surface area contributed by atoms with Crippen LogP contribution in [0.1, 0.15) is 25.7 Å². The Labute approximate surface area is 83.1 Å². The van der Waals surface area contributed by atoms with Gasteiger partial charge in [0.1, 0.15) is 0 Å². The van der Waals surface area contributed by atoms with Crippen LogP contribution >= 0.6 is 0 Å². The standard InChI is InChI=1S/C10H15NO3/c1-13-8(12)10-3-2-6-11(10)14-7-9(10)4-5-9/h2-7H2,1H3. The van der Waals surface area contributed by atoms with E-state index >= 15 is 0 Å². The van der Waals surface area contributed by atoms with E-state index in [2.05, 4.69) is 0 Å². The van der Waals surface area contributed by atoms with Crippen molar-refractivity contribution in [2.24, 2.45) is 5.41 Å². The van der Waals surface area contributed by atoms with Gasteiger partial charge in [-0.25, -0.2) is 4.79 Å². The SMILES string of the molecule is COC(=O)C12CCCN1OCC21CC1. The van der Waals surface area contributed by atoms with Gasteiger partial charge in [-0.1, -0.05) is 0 Å². The molecule has 2 saturated heterocycles. The predicted molar refractivity (Wildman–Crippen MR) is 48.3 cm³/mol. The van der Waals surface area contributed by atoms with Crippen LogP contribution in [0.15, 0.2) is 0 Å². The maximum Gasteiger partial charge on any atom is 0.329 e. The van der Waals surface area contributed by atoms with Crippen LogP contribution in [0.25, 0.3) is 0 Å². The smallest absolute Gasteiger partial charge is 0.329 e. The molecule has 0 aromatic carbocycles. The van der Waals surface area contributed by atoms with Crippen molar-refractivity contribution in [3.8, 4) is 0 Å². The number of rotatable bonds is 1. The van der Waals surface area contributed by atoms with Gasteiger partial charge in [0, 0.05) is 12.0 Å². The molecule has 3 rings (SSSR count). The minimum atomic E-state index is -0.429. The molecule has 2 aliphatic heterocycles. The normalized spacial score (nSPS) is 38.6. The number of fused-ring (bicyclic) bond motifs is 2. The van der Waals surface area contributed by atoms with E-state index in [1.807, 2.05) is 5.06 Å². The van der Waals surface area contributed by atoms with Gasteiger partial charge in [0.15, 0.2) is 5.54 Å². The number of hydroxylamine groups is 2. The average molecular weight is 197 g/mol. The monoisotopic (exact) mass is 197 g/mol. The molecular formula is C10H15NO3. The highest BCUT2D eigenvalue weighted by atomic mass is 16.7. The van der Waals surface area contributed by atoms with Gasteiger partial charge in [0.25, 0.3) is 0 Å². The molecule has 4 nitrogen and oxygen atoms in total. The first-order valence-electron chi connectivity index (χ1n) is 5.24. The maximum atomic E-state index is 11.9. The Morgan fingerprint density at radius 1 is 1.43 bits per heavy atom. The van der Waals surface area contributed by atoms with E-state index in [1.54, 1.807) is 0 Å². The van der Waals surface area contributed by atoms with Crippen molar-refractivity contribution in [1.29, 1.82) is 0 Å². The fourth-order valence-electron chi connectivity index (χ4n) is 3.12. The highest BCUT2D eigenvalue weighted by Gasteiger charge is 2.72. The first-order chi connectivity index (χ1) is 6.75. The Hall–Kier alpha value is -0.610. The highest BCUT2D eigenvalue weighted by Crippen LogP contribution is 2.64. The quantitative estimate of drug-likeness (QED) is 0.581. The Balaban J connectivity index is 2.02. The molecule has 3 fully saturated rings. The Bertz CT molecular complexity index is 287. The second-order valence-electron chi connectivity index (χ2n) is 4.61. The topological polar surface area (TPSA) is 38.8 Å². The van der Waals surface area contributed by atoms with Crippen molar-refractivity contribution in [2.45, 2.75) is 31.2 Å². The molecule has 14 heavy (non-hydrogen) atoms. The van der Waals surface area contributed by atoms with Crippen molar-refractivity contribution in [2.75, 3.05) is 20.3 Å². The van der Waals surface area contributed by atoms with Crippen molar-refractivity contribution in [1.82, 2.24) is 5.06 Å². The molecular weight excluding hydrogens is 182 g/mol. The van der Waals surface area contributed by atoms with Crippen LogP contribution in [0, 0.1) is 5.41 Å². The van der Waals surface area contributed by atoms with E-state index in [9.17, 15) is 4.79 Å². The van der Waals surface area contributed by atoms with Crippen LogP contribution in [0.5, 0.6) is 0 Å². The van der Waals surface area contributed by atoms with Crippen LogP contribution in [-0.2, 0) is 14.4 Å². The fraction of sp³-hybridized carbons (Fsp3) is 0.900. The van der Waals surface area contributed by atoms with Crippen molar-refractivity contribution >= 4 is 5.97 Å². The summed E-state index contributed by atoms with van der Waals surface area (Å²) in [6.45, 7) is 1.58. The zero-order chi connectivity index (χ0) is 9.81. The molecule has 0 bridgehead atoms. The number of carbonyl (C=O) groups excluding carboxylic acids is 1. The minimum Gasteiger partial charge on any atom is -0.468 e. The summed E-state index contributed by atoms with van der Waals surface area (Å²) in [5, 5.41) is 1.88. The summed E-state index contributed by atoms with van der Waals surface area (Å²) in [5.41, 5.74) is -0.335. The van der Waals surface area contributed by atoms with E-state index in [4.69, 9.17) is 9.57 Å². The summed E-state index contributed by atoms with van der Waals surface area (Å²) in [5.74, 6) is -0.0926. The molecule has 0 radical (unpaired) electrons. The van der Waals surface area contributed by atoms with E-state index in [-0.39, 0.29) is 11.4 Å². The summed E-state index contributed by atoms with van der Waals surface area (Å²) < 4.78 is 4.95. The van der Waals surface area contributed by atoms with Gasteiger partial charge >= 0.3 is 5.97 Å². The number of ether oxygens (including phenoxy) is 1. The van der Waals surface area contributed by atoms with Gasteiger partial charge in [-0.3, -0.25) is 4.84 Å². The Morgan fingerprint density at radius 3 is 2.86 bits per heavy atom. The lowest BCUT2D eigenvalue weighted by atomic mass is 9.80. The molecule has 4 heteroatoms. The second-order valence-corrected chi connectivity index (χ2v) is 4.61. The van der Waals surface area contributed by atoms with E-state index in [0.717, 1.165) is 32.2 Å². The third-order valence-corrected chi connectivity index (χ3v) is 4.08. The number of methoxy groups -OCH3 is 1. The fourth-order valence-corrected chi connectivity index (χ4v) is 3.12. The number of carbonyl (C=O) groups is 1. The third kappa shape index (κ3) is 0.754. The van der Waals surface area contributed by atoms with E-state index < -0.39 is 5.54 Å². The number of hydrogen-bond acceptors (Lipinski definition) is 4. The molecule has 0 N–H and O–H groups in total. The van der Waals surface area contributed by atoms with Gasteiger partial charge in [-0.05, 0) is 25.7 Å². The van der Waals surface area contributed by atoms with Crippen LogP contribution < -0.4 is 0 Å².